The summed E-state index contributed by atoms with van der Waals surface area (Å²) < 4.78 is 18.9. The quantitative estimate of drug-likeness (QED) is 0.421. The summed E-state index contributed by atoms with van der Waals surface area (Å²) in [6, 6.07) is 11.9. The van der Waals surface area contributed by atoms with Gasteiger partial charge in [0.05, 0.1) is 12.6 Å². The lowest BCUT2D eigenvalue weighted by Gasteiger charge is -2.23. The summed E-state index contributed by atoms with van der Waals surface area (Å²) in [5.74, 6) is 0.851. The molecule has 4 aromatic rings. The summed E-state index contributed by atoms with van der Waals surface area (Å²) in [6.07, 6.45) is 8.05. The normalized spacial score (nSPS) is 13.3. The van der Waals surface area contributed by atoms with E-state index in [9.17, 15) is 9.18 Å². The van der Waals surface area contributed by atoms with E-state index < -0.39 is 0 Å². The molecule has 0 radical (unpaired) electrons. The number of carbonyl (C=O) groups excluding carboxylic acids is 1. The summed E-state index contributed by atoms with van der Waals surface area (Å²) in [5, 5.41) is 1.10. The maximum Gasteiger partial charge on any atom is 0.274 e. The third-order valence-corrected chi connectivity index (χ3v) is 6.12. The summed E-state index contributed by atoms with van der Waals surface area (Å²) >= 11 is 0. The van der Waals surface area contributed by atoms with Gasteiger partial charge in [0.15, 0.2) is 5.69 Å². The standard InChI is InChI=1S/C26H25FN4O2/c1-33-22-4-2-3-21-19(15-30-24(21)22)11-14-31(16-17-5-6-17)26(32)25-23(28-12-13-29-25)18-7-9-20(27)10-8-18/h2-4,7-10,12-13,15,17,30H,5-6,11,14,16H2,1H3. The highest BCUT2D eigenvalue weighted by Gasteiger charge is 2.29. The van der Waals surface area contributed by atoms with Crippen LogP contribution in [-0.2, 0) is 6.42 Å². The van der Waals surface area contributed by atoms with Gasteiger partial charge in [-0.3, -0.25) is 9.78 Å². The van der Waals surface area contributed by atoms with Gasteiger partial charge in [0.25, 0.3) is 5.91 Å². The van der Waals surface area contributed by atoms with Crippen molar-refractivity contribution in [3.8, 4) is 17.0 Å². The predicted octanol–water partition coefficient (Wildman–Crippen LogP) is 4.87. The summed E-state index contributed by atoms with van der Waals surface area (Å²) in [6.45, 7) is 1.27. The minimum Gasteiger partial charge on any atom is -0.495 e. The zero-order valence-electron chi connectivity index (χ0n) is 18.4. The third kappa shape index (κ3) is 4.44. The Hall–Kier alpha value is -3.74. The molecule has 1 amide bonds. The molecular formula is C26H25FN4O2. The highest BCUT2D eigenvalue weighted by atomic mass is 19.1. The van der Waals surface area contributed by atoms with E-state index in [1.807, 2.05) is 23.2 Å². The summed E-state index contributed by atoms with van der Waals surface area (Å²) in [4.78, 5) is 27.6. The number of ether oxygens (including phenoxy) is 1. The van der Waals surface area contributed by atoms with Crippen LogP contribution in [0.2, 0.25) is 0 Å². The van der Waals surface area contributed by atoms with Gasteiger partial charge in [-0.15, -0.1) is 0 Å². The molecule has 2 aromatic carbocycles. The van der Waals surface area contributed by atoms with E-state index in [2.05, 4.69) is 21.0 Å². The molecule has 0 saturated heterocycles. The zero-order chi connectivity index (χ0) is 22.8. The summed E-state index contributed by atoms with van der Waals surface area (Å²) in [5.41, 5.74) is 3.53. The molecule has 168 valence electrons. The van der Waals surface area contributed by atoms with Gasteiger partial charge in [-0.25, -0.2) is 9.37 Å². The first-order chi connectivity index (χ1) is 16.1. The van der Waals surface area contributed by atoms with Crippen molar-refractivity contribution in [1.82, 2.24) is 19.9 Å². The number of nitrogens with zero attached hydrogens (tertiary/aromatic N) is 3. The molecule has 1 aliphatic rings. The fourth-order valence-corrected chi connectivity index (χ4v) is 4.17. The van der Waals surface area contributed by atoms with Crippen molar-refractivity contribution in [3.63, 3.8) is 0 Å². The molecule has 5 rings (SSSR count). The van der Waals surface area contributed by atoms with Crippen LogP contribution in [0.1, 0.15) is 28.9 Å². The van der Waals surface area contributed by atoms with Crippen LogP contribution in [0.15, 0.2) is 61.1 Å². The number of aromatic nitrogens is 3. The molecule has 1 saturated carbocycles. The Balaban J connectivity index is 1.41. The molecule has 1 N–H and O–H groups in total. The molecular weight excluding hydrogens is 419 g/mol. The van der Waals surface area contributed by atoms with E-state index in [0.717, 1.165) is 35.1 Å². The van der Waals surface area contributed by atoms with E-state index in [1.54, 1.807) is 25.4 Å². The number of para-hydroxylation sites is 1. The average Bonchev–Trinajstić information content (AvgIpc) is 3.58. The number of rotatable bonds is 8. The van der Waals surface area contributed by atoms with Crippen LogP contribution in [0, 0.1) is 11.7 Å². The van der Waals surface area contributed by atoms with Crippen molar-refractivity contribution in [2.45, 2.75) is 19.3 Å². The number of carbonyl (C=O) groups is 1. The molecule has 33 heavy (non-hydrogen) atoms. The van der Waals surface area contributed by atoms with Gasteiger partial charge in [-0.05, 0) is 61.1 Å². The van der Waals surface area contributed by atoms with E-state index in [4.69, 9.17) is 4.74 Å². The number of hydrogen-bond acceptors (Lipinski definition) is 4. The van der Waals surface area contributed by atoms with Gasteiger partial charge >= 0.3 is 0 Å². The predicted molar refractivity (Wildman–Crippen MR) is 125 cm³/mol. The number of halogens is 1. The second-order valence-corrected chi connectivity index (χ2v) is 8.40. The van der Waals surface area contributed by atoms with Gasteiger partial charge in [0.2, 0.25) is 0 Å². The molecule has 2 aromatic heterocycles. The Morgan fingerprint density at radius 1 is 1.15 bits per heavy atom. The van der Waals surface area contributed by atoms with Gasteiger partial charge in [0.1, 0.15) is 17.3 Å². The van der Waals surface area contributed by atoms with Crippen molar-refractivity contribution < 1.29 is 13.9 Å². The minimum absolute atomic E-state index is 0.147. The Morgan fingerprint density at radius 3 is 2.70 bits per heavy atom. The monoisotopic (exact) mass is 444 g/mol. The topological polar surface area (TPSA) is 71.1 Å². The fraction of sp³-hybridized carbons (Fsp3) is 0.269. The number of amides is 1. The van der Waals surface area contributed by atoms with Crippen LogP contribution in [0.5, 0.6) is 5.75 Å². The lowest BCUT2D eigenvalue weighted by atomic mass is 10.1. The highest BCUT2D eigenvalue weighted by molar-refractivity contribution is 5.98. The fourth-order valence-electron chi connectivity index (χ4n) is 4.17. The van der Waals surface area contributed by atoms with Crippen molar-refractivity contribution in [2.24, 2.45) is 5.92 Å². The average molecular weight is 445 g/mol. The second kappa shape index (κ2) is 9.02. The number of benzene rings is 2. The van der Waals surface area contributed by atoms with Crippen molar-refractivity contribution in [3.05, 3.63) is 78.1 Å². The van der Waals surface area contributed by atoms with Gasteiger partial charge in [0, 0.05) is 42.6 Å². The Morgan fingerprint density at radius 2 is 1.94 bits per heavy atom. The molecule has 0 spiro atoms. The second-order valence-electron chi connectivity index (χ2n) is 8.40. The number of nitrogens with one attached hydrogen (secondary N) is 1. The van der Waals surface area contributed by atoms with E-state index in [0.29, 0.717) is 42.4 Å². The molecule has 2 heterocycles. The minimum atomic E-state index is -0.332. The lowest BCUT2D eigenvalue weighted by molar-refractivity contribution is 0.0744. The first kappa shape index (κ1) is 21.1. The van der Waals surface area contributed by atoms with Crippen LogP contribution in [0.3, 0.4) is 0 Å². The molecule has 0 atom stereocenters. The number of fused-ring (bicyclic) bond motifs is 1. The number of methoxy groups -OCH3 is 1. The van der Waals surface area contributed by atoms with Crippen LogP contribution < -0.4 is 4.74 Å². The van der Waals surface area contributed by atoms with Crippen LogP contribution in [0.25, 0.3) is 22.2 Å². The van der Waals surface area contributed by atoms with Gasteiger partial charge < -0.3 is 14.6 Å². The largest absolute Gasteiger partial charge is 0.495 e. The molecule has 0 bridgehead atoms. The number of aromatic amines is 1. The van der Waals surface area contributed by atoms with E-state index in [1.165, 1.54) is 18.3 Å². The third-order valence-electron chi connectivity index (χ3n) is 6.12. The zero-order valence-corrected chi connectivity index (χ0v) is 18.4. The first-order valence-electron chi connectivity index (χ1n) is 11.1. The maximum absolute atomic E-state index is 13.6. The molecule has 6 nitrogen and oxygen atoms in total. The Bertz CT molecular complexity index is 1280. The van der Waals surface area contributed by atoms with Crippen LogP contribution in [0.4, 0.5) is 4.39 Å². The molecule has 1 fully saturated rings. The van der Waals surface area contributed by atoms with Crippen LogP contribution in [-0.4, -0.2) is 46.0 Å². The number of hydrogen-bond donors (Lipinski definition) is 1. The SMILES string of the molecule is COc1cccc2c(CCN(CC3CC3)C(=O)c3nccnc3-c3ccc(F)cc3)c[nH]c12. The van der Waals surface area contributed by atoms with E-state index in [-0.39, 0.29) is 11.7 Å². The van der Waals surface area contributed by atoms with Crippen molar-refractivity contribution >= 4 is 16.8 Å². The smallest absolute Gasteiger partial charge is 0.274 e. The van der Waals surface area contributed by atoms with Crippen molar-refractivity contribution in [1.29, 1.82) is 0 Å². The first-order valence-corrected chi connectivity index (χ1v) is 11.1. The molecule has 7 heteroatoms. The van der Waals surface area contributed by atoms with Gasteiger partial charge in [-0.1, -0.05) is 12.1 Å². The molecule has 0 aliphatic heterocycles. The lowest BCUT2D eigenvalue weighted by Crippen LogP contribution is -2.35. The summed E-state index contributed by atoms with van der Waals surface area (Å²) in [7, 11) is 1.66. The van der Waals surface area contributed by atoms with Crippen LogP contribution >= 0.6 is 0 Å². The van der Waals surface area contributed by atoms with E-state index >= 15 is 0 Å². The van der Waals surface area contributed by atoms with Gasteiger partial charge in [-0.2, -0.15) is 0 Å². The highest BCUT2D eigenvalue weighted by Crippen LogP contribution is 2.32. The number of H-pyrrole nitrogens is 1. The Kier molecular flexibility index (Phi) is 5.77. The van der Waals surface area contributed by atoms with Crippen molar-refractivity contribution in [2.75, 3.05) is 20.2 Å². The maximum atomic E-state index is 13.6. The molecule has 1 aliphatic carbocycles. The Labute approximate surface area is 191 Å². The molecule has 0 unspecified atom stereocenters.